The SMILES string of the molecule is O=C(CCl)c1[c]cccc1. The quantitative estimate of drug-likeness (QED) is 0.469. The van der Waals surface area contributed by atoms with Crippen LogP contribution in [0.15, 0.2) is 24.3 Å². The minimum Gasteiger partial charge on any atom is -0.293 e. The second-order valence-corrected chi connectivity index (χ2v) is 2.10. The van der Waals surface area contributed by atoms with Crippen LogP contribution in [0.25, 0.3) is 0 Å². The van der Waals surface area contributed by atoms with E-state index in [9.17, 15) is 4.79 Å². The number of carbonyl (C=O) groups is 1. The van der Waals surface area contributed by atoms with Gasteiger partial charge >= 0.3 is 0 Å². The predicted molar refractivity (Wildman–Crippen MR) is 40.3 cm³/mol. The van der Waals surface area contributed by atoms with E-state index in [1.807, 2.05) is 6.07 Å². The number of rotatable bonds is 2. The van der Waals surface area contributed by atoms with Gasteiger partial charge in [0.15, 0.2) is 5.78 Å². The molecule has 1 radical (unpaired) electrons. The molecule has 1 nitrogen and oxygen atoms in total. The van der Waals surface area contributed by atoms with Crippen LogP contribution in [0.4, 0.5) is 0 Å². The molecule has 1 aromatic carbocycles. The standard InChI is InChI=1S/C8H6ClO/c9-6-8(10)7-4-2-1-3-5-7/h1-4H,6H2. The van der Waals surface area contributed by atoms with Crippen LogP contribution in [0.1, 0.15) is 10.4 Å². The molecule has 2 heteroatoms. The van der Waals surface area contributed by atoms with Crippen molar-refractivity contribution < 1.29 is 4.79 Å². The normalized spacial score (nSPS) is 9.30. The molecule has 0 aliphatic rings. The Bertz CT molecular complexity index is 218. The van der Waals surface area contributed by atoms with Crippen molar-refractivity contribution in [1.82, 2.24) is 0 Å². The summed E-state index contributed by atoms with van der Waals surface area (Å²) >= 11 is 5.32. The number of carbonyl (C=O) groups excluding carboxylic acids is 1. The summed E-state index contributed by atoms with van der Waals surface area (Å²) < 4.78 is 0. The number of Topliss-reactive ketones (excluding diaryl/α,β-unsaturated/α-hetero) is 1. The Morgan fingerprint density at radius 1 is 1.60 bits per heavy atom. The summed E-state index contributed by atoms with van der Waals surface area (Å²) in [4.78, 5) is 10.9. The van der Waals surface area contributed by atoms with Crippen molar-refractivity contribution in [3.05, 3.63) is 35.9 Å². The maximum atomic E-state index is 10.9. The molecule has 51 valence electrons. The van der Waals surface area contributed by atoms with Gasteiger partial charge < -0.3 is 0 Å². The van der Waals surface area contributed by atoms with Gasteiger partial charge in [0.1, 0.15) is 0 Å². The highest BCUT2D eigenvalue weighted by atomic mass is 35.5. The van der Waals surface area contributed by atoms with Gasteiger partial charge in [0.2, 0.25) is 0 Å². The first-order valence-corrected chi connectivity index (χ1v) is 3.44. The molecule has 0 heterocycles. The third-order valence-corrected chi connectivity index (χ3v) is 1.37. The zero-order chi connectivity index (χ0) is 7.40. The number of halogens is 1. The van der Waals surface area contributed by atoms with Gasteiger partial charge in [0, 0.05) is 5.56 Å². The Kier molecular flexibility index (Phi) is 2.46. The average Bonchev–Trinajstić information content (AvgIpc) is 2.05. The van der Waals surface area contributed by atoms with Crippen LogP contribution in [0, 0.1) is 6.07 Å². The zero-order valence-corrected chi connectivity index (χ0v) is 6.06. The summed E-state index contributed by atoms with van der Waals surface area (Å²) in [5, 5.41) is 0. The second kappa shape index (κ2) is 3.37. The number of benzene rings is 1. The van der Waals surface area contributed by atoms with E-state index in [-0.39, 0.29) is 11.7 Å². The average molecular weight is 154 g/mol. The third-order valence-electron chi connectivity index (χ3n) is 1.13. The van der Waals surface area contributed by atoms with E-state index >= 15 is 0 Å². The smallest absolute Gasteiger partial charge is 0.178 e. The van der Waals surface area contributed by atoms with E-state index in [4.69, 9.17) is 11.6 Å². The minimum absolute atomic E-state index is 0.0283. The van der Waals surface area contributed by atoms with Gasteiger partial charge in [-0.2, -0.15) is 0 Å². The Balaban J connectivity index is 2.85. The monoisotopic (exact) mass is 153 g/mol. The second-order valence-electron chi connectivity index (χ2n) is 1.83. The molecule has 0 atom stereocenters. The molecule has 10 heavy (non-hydrogen) atoms. The van der Waals surface area contributed by atoms with Crippen LogP contribution >= 0.6 is 11.6 Å². The van der Waals surface area contributed by atoms with Crippen LogP contribution in [-0.2, 0) is 0 Å². The molecule has 0 aliphatic heterocycles. The molecule has 0 N–H and O–H groups in total. The molecule has 0 aromatic heterocycles. The lowest BCUT2D eigenvalue weighted by Crippen LogP contribution is -1.98. The fourth-order valence-electron chi connectivity index (χ4n) is 0.639. The lowest BCUT2D eigenvalue weighted by atomic mass is 10.2. The highest BCUT2D eigenvalue weighted by molar-refractivity contribution is 6.30. The summed E-state index contributed by atoms with van der Waals surface area (Å²) in [7, 11) is 0. The van der Waals surface area contributed by atoms with Gasteiger partial charge in [0.05, 0.1) is 5.88 Å². The first-order valence-electron chi connectivity index (χ1n) is 2.90. The molecule has 0 saturated heterocycles. The molecule has 0 bridgehead atoms. The fraction of sp³-hybridized carbons (Fsp3) is 0.125. The molecular weight excluding hydrogens is 148 g/mol. The van der Waals surface area contributed by atoms with Gasteiger partial charge in [0.25, 0.3) is 0 Å². The van der Waals surface area contributed by atoms with E-state index in [1.165, 1.54) is 0 Å². The lowest BCUT2D eigenvalue weighted by molar-refractivity contribution is 0.102. The summed E-state index contributed by atoms with van der Waals surface area (Å²) in [6.07, 6.45) is 0. The molecule has 0 spiro atoms. The number of hydrogen-bond donors (Lipinski definition) is 0. The Labute approximate surface area is 64.6 Å². The minimum atomic E-state index is -0.0812. The highest BCUT2D eigenvalue weighted by Crippen LogP contribution is 1.99. The molecule has 1 aromatic rings. The molecule has 0 saturated carbocycles. The largest absolute Gasteiger partial charge is 0.293 e. The first kappa shape index (κ1) is 7.29. The molecule has 0 unspecified atom stereocenters. The Morgan fingerprint density at radius 2 is 2.40 bits per heavy atom. The first-order chi connectivity index (χ1) is 4.84. The van der Waals surface area contributed by atoms with Crippen molar-refractivity contribution in [2.24, 2.45) is 0 Å². The van der Waals surface area contributed by atoms with Crippen LogP contribution < -0.4 is 0 Å². The third kappa shape index (κ3) is 1.58. The lowest BCUT2D eigenvalue weighted by Gasteiger charge is -1.91. The molecule has 0 fully saturated rings. The zero-order valence-electron chi connectivity index (χ0n) is 5.30. The van der Waals surface area contributed by atoms with Gasteiger partial charge in [-0.15, -0.1) is 11.6 Å². The summed E-state index contributed by atoms with van der Waals surface area (Å²) in [5.41, 5.74) is 0.553. The number of hydrogen-bond acceptors (Lipinski definition) is 1. The topological polar surface area (TPSA) is 17.1 Å². The fourth-order valence-corrected chi connectivity index (χ4v) is 0.783. The van der Waals surface area contributed by atoms with Gasteiger partial charge in [-0.3, -0.25) is 4.79 Å². The Hall–Kier alpha value is -0.820. The van der Waals surface area contributed by atoms with Crippen LogP contribution in [0.5, 0.6) is 0 Å². The van der Waals surface area contributed by atoms with Crippen molar-refractivity contribution >= 4 is 17.4 Å². The van der Waals surface area contributed by atoms with Crippen molar-refractivity contribution in [3.8, 4) is 0 Å². The Morgan fingerprint density at radius 3 is 2.90 bits per heavy atom. The molecule has 1 rings (SSSR count). The van der Waals surface area contributed by atoms with Crippen molar-refractivity contribution in [2.45, 2.75) is 0 Å². The summed E-state index contributed by atoms with van der Waals surface area (Å²) in [5.74, 6) is -0.0529. The van der Waals surface area contributed by atoms with E-state index in [0.29, 0.717) is 5.56 Å². The van der Waals surface area contributed by atoms with Crippen molar-refractivity contribution in [2.75, 3.05) is 5.88 Å². The van der Waals surface area contributed by atoms with Gasteiger partial charge in [-0.25, -0.2) is 0 Å². The van der Waals surface area contributed by atoms with Crippen LogP contribution in [0.2, 0.25) is 0 Å². The maximum absolute atomic E-state index is 10.9. The summed E-state index contributed by atoms with van der Waals surface area (Å²) in [6.45, 7) is 0. The predicted octanol–water partition coefficient (Wildman–Crippen LogP) is 1.91. The van der Waals surface area contributed by atoms with Gasteiger partial charge in [-0.05, 0) is 6.07 Å². The van der Waals surface area contributed by atoms with E-state index in [2.05, 4.69) is 6.07 Å². The van der Waals surface area contributed by atoms with Crippen LogP contribution in [0.3, 0.4) is 0 Å². The van der Waals surface area contributed by atoms with Crippen molar-refractivity contribution in [3.63, 3.8) is 0 Å². The summed E-state index contributed by atoms with van der Waals surface area (Å²) in [6, 6.07) is 9.78. The van der Waals surface area contributed by atoms with Crippen molar-refractivity contribution in [1.29, 1.82) is 0 Å². The van der Waals surface area contributed by atoms with E-state index < -0.39 is 0 Å². The molecule has 0 amide bonds. The molecule has 0 aliphatic carbocycles. The van der Waals surface area contributed by atoms with E-state index in [0.717, 1.165) is 0 Å². The van der Waals surface area contributed by atoms with Gasteiger partial charge in [-0.1, -0.05) is 24.3 Å². The van der Waals surface area contributed by atoms with Crippen LogP contribution in [-0.4, -0.2) is 11.7 Å². The number of ketones is 1. The molecular formula is C8H6ClO. The maximum Gasteiger partial charge on any atom is 0.178 e. The number of alkyl halides is 1. The highest BCUT2D eigenvalue weighted by Gasteiger charge is 2.00. The van der Waals surface area contributed by atoms with E-state index in [1.54, 1.807) is 18.2 Å².